The minimum Gasteiger partial charge on any atom is -0.327 e. The molecule has 1 aromatic heterocycles. The fraction of sp³-hybridized carbons (Fsp3) is 0.720. The third kappa shape index (κ3) is 5.66. The summed E-state index contributed by atoms with van der Waals surface area (Å²) < 4.78 is 85.7. The molecule has 0 spiro atoms. The van der Waals surface area contributed by atoms with Crippen molar-refractivity contribution in [2.75, 3.05) is 31.2 Å². The summed E-state index contributed by atoms with van der Waals surface area (Å²) in [5.74, 6) is -1.64. The first-order valence-electron chi connectivity index (χ1n) is 12.6. The first-order chi connectivity index (χ1) is 16.8. The number of alkyl halides is 4. The molecule has 11 heteroatoms. The van der Waals surface area contributed by atoms with Gasteiger partial charge in [0, 0.05) is 43.3 Å². The molecule has 1 aromatic carbocycles. The second-order valence-electron chi connectivity index (χ2n) is 11.6. The van der Waals surface area contributed by atoms with Crippen LogP contribution >= 0.6 is 0 Å². The lowest BCUT2D eigenvalue weighted by Gasteiger charge is -2.37. The molecule has 0 atom stereocenters. The monoisotopic (exact) mass is 532 g/mol. The Hall–Kier alpha value is -1.88. The lowest BCUT2D eigenvalue weighted by atomic mass is 9.82. The van der Waals surface area contributed by atoms with Crippen LogP contribution in [0.15, 0.2) is 18.2 Å². The fourth-order valence-corrected chi connectivity index (χ4v) is 6.43. The number of anilines is 1. The van der Waals surface area contributed by atoms with Crippen LogP contribution in [0.2, 0.25) is 0 Å². The highest BCUT2D eigenvalue weighted by Crippen LogP contribution is 2.38. The summed E-state index contributed by atoms with van der Waals surface area (Å²) in [6.07, 6.45) is 0.968. The van der Waals surface area contributed by atoms with Crippen molar-refractivity contribution in [3.63, 3.8) is 0 Å². The summed E-state index contributed by atoms with van der Waals surface area (Å²) in [6.45, 7) is 5.19. The highest BCUT2D eigenvalue weighted by molar-refractivity contribution is 7.90. The summed E-state index contributed by atoms with van der Waals surface area (Å²) in [6, 6.07) is 5.14. The van der Waals surface area contributed by atoms with Gasteiger partial charge in [0.2, 0.25) is 5.92 Å². The van der Waals surface area contributed by atoms with Gasteiger partial charge in [0.15, 0.2) is 0 Å². The number of imidazole rings is 1. The molecule has 1 aliphatic heterocycles. The molecule has 0 bridgehead atoms. The van der Waals surface area contributed by atoms with E-state index in [0.29, 0.717) is 30.6 Å². The number of fused-ring (bicyclic) bond motifs is 1. The third-order valence-corrected chi connectivity index (χ3v) is 9.17. The van der Waals surface area contributed by atoms with E-state index < -0.39 is 34.9 Å². The second-order valence-corrected chi connectivity index (χ2v) is 13.2. The Labute approximate surface area is 210 Å². The number of hydrogen-bond acceptors (Lipinski definition) is 3. The third-order valence-electron chi connectivity index (χ3n) is 7.63. The molecule has 1 aliphatic carbocycles. The molecule has 0 amide bonds. The normalized spacial score (nSPS) is 21.6. The van der Waals surface area contributed by atoms with Gasteiger partial charge in [-0.25, -0.2) is 13.8 Å². The number of rotatable bonds is 7. The molecule has 1 N–H and O–H groups in total. The van der Waals surface area contributed by atoms with Gasteiger partial charge < -0.3 is 4.57 Å². The average Bonchev–Trinajstić information content (AvgIpc) is 3.18. The van der Waals surface area contributed by atoms with Gasteiger partial charge in [-0.15, -0.1) is 0 Å². The Morgan fingerprint density at radius 3 is 2.22 bits per heavy atom. The van der Waals surface area contributed by atoms with Crippen molar-refractivity contribution in [2.24, 2.45) is 11.3 Å². The minimum atomic E-state index is -3.90. The predicted molar refractivity (Wildman–Crippen MR) is 133 cm³/mol. The van der Waals surface area contributed by atoms with E-state index in [1.807, 2.05) is 20.8 Å². The number of halogens is 4. The molecule has 0 unspecified atom stereocenters. The topological polar surface area (TPSA) is 67.2 Å². The van der Waals surface area contributed by atoms with Crippen LogP contribution in [0.3, 0.4) is 0 Å². The number of aromatic nitrogens is 2. The van der Waals surface area contributed by atoms with E-state index in [1.165, 1.54) is 4.31 Å². The van der Waals surface area contributed by atoms with Crippen LogP contribution in [0.5, 0.6) is 0 Å². The van der Waals surface area contributed by atoms with E-state index in [-0.39, 0.29) is 50.1 Å². The highest BCUT2D eigenvalue weighted by atomic mass is 32.2. The van der Waals surface area contributed by atoms with Gasteiger partial charge in [-0.1, -0.05) is 20.8 Å². The predicted octanol–water partition coefficient (Wildman–Crippen LogP) is 5.84. The van der Waals surface area contributed by atoms with E-state index >= 15 is 0 Å². The van der Waals surface area contributed by atoms with Gasteiger partial charge in [0.25, 0.3) is 0 Å². The van der Waals surface area contributed by atoms with Crippen molar-refractivity contribution in [1.82, 2.24) is 13.9 Å². The number of piperidine rings is 1. The Morgan fingerprint density at radius 1 is 1.06 bits per heavy atom. The molecular formula is C25H36F4N4O2S. The van der Waals surface area contributed by atoms with E-state index in [0.717, 1.165) is 11.3 Å². The molecule has 1 saturated carbocycles. The molecule has 6 nitrogen and oxygen atoms in total. The Balaban J connectivity index is 1.55. The van der Waals surface area contributed by atoms with E-state index in [9.17, 15) is 26.0 Å². The summed E-state index contributed by atoms with van der Waals surface area (Å²) >= 11 is 0. The maximum absolute atomic E-state index is 13.7. The maximum Gasteiger partial charge on any atom is 0.301 e. The van der Waals surface area contributed by atoms with Crippen molar-refractivity contribution in [2.45, 2.75) is 77.2 Å². The van der Waals surface area contributed by atoms with Crippen LogP contribution in [0.25, 0.3) is 11.0 Å². The summed E-state index contributed by atoms with van der Waals surface area (Å²) in [5, 5.41) is 0. The van der Waals surface area contributed by atoms with E-state index in [4.69, 9.17) is 4.98 Å². The molecule has 4 rings (SSSR count). The number of benzene rings is 1. The van der Waals surface area contributed by atoms with Crippen molar-refractivity contribution in [3.8, 4) is 0 Å². The molecule has 202 valence electrons. The minimum absolute atomic E-state index is 0.0502. The largest absolute Gasteiger partial charge is 0.327 e. The van der Waals surface area contributed by atoms with E-state index in [2.05, 4.69) is 9.29 Å². The molecule has 2 heterocycles. The van der Waals surface area contributed by atoms with Crippen molar-refractivity contribution >= 4 is 26.9 Å². The maximum atomic E-state index is 13.7. The Morgan fingerprint density at radius 2 is 1.67 bits per heavy atom. The lowest BCUT2D eigenvalue weighted by molar-refractivity contribution is -0.0473. The molecule has 2 aromatic rings. The molecule has 1 saturated heterocycles. The molecule has 2 aliphatic rings. The van der Waals surface area contributed by atoms with Crippen LogP contribution in [0, 0.1) is 11.3 Å². The van der Waals surface area contributed by atoms with E-state index in [1.54, 1.807) is 18.2 Å². The SMILES string of the molecule is CC(C)(C)c1nc2cc(NS(=O)(=O)N3CCC(CF)(CF)CC3)ccc2n1CC1CCC(F)(F)CC1. The number of hydrogen-bond donors (Lipinski definition) is 1. The molecule has 2 fully saturated rings. The highest BCUT2D eigenvalue weighted by Gasteiger charge is 2.39. The van der Waals surface area contributed by atoms with Crippen LogP contribution in [0.1, 0.15) is 65.1 Å². The first kappa shape index (κ1) is 27.2. The standard InChI is InChI=1S/C25H36F4N4O2S/c1-23(2,3)22-30-20-14-19(31-36(34,35)32-12-10-24(16-26,17-27)11-13-32)4-5-21(20)33(22)15-18-6-8-25(28,29)9-7-18/h4-5,14,18,31H,6-13,15-17H2,1-3H3. The van der Waals surface area contributed by atoms with Crippen molar-refractivity contribution in [1.29, 1.82) is 0 Å². The zero-order valence-corrected chi connectivity index (χ0v) is 22.0. The average molecular weight is 533 g/mol. The zero-order chi connectivity index (χ0) is 26.4. The molecular weight excluding hydrogens is 496 g/mol. The summed E-state index contributed by atoms with van der Waals surface area (Å²) in [5.41, 5.74) is 0.403. The number of nitrogens with zero attached hydrogens (tertiary/aromatic N) is 3. The van der Waals surface area contributed by atoms with Crippen LogP contribution in [-0.2, 0) is 22.2 Å². The van der Waals surface area contributed by atoms with Crippen LogP contribution in [-0.4, -0.2) is 54.6 Å². The lowest BCUT2D eigenvalue weighted by Crippen LogP contribution is -2.46. The van der Waals surface area contributed by atoms with Crippen molar-refractivity contribution in [3.05, 3.63) is 24.0 Å². The van der Waals surface area contributed by atoms with Gasteiger partial charge in [-0.2, -0.15) is 12.7 Å². The fourth-order valence-electron chi connectivity index (χ4n) is 5.21. The van der Waals surface area contributed by atoms with Gasteiger partial charge >= 0.3 is 10.2 Å². The molecule has 0 radical (unpaired) electrons. The quantitative estimate of drug-likeness (QED) is 0.456. The summed E-state index contributed by atoms with van der Waals surface area (Å²) in [4.78, 5) is 4.81. The van der Waals surface area contributed by atoms with Crippen LogP contribution in [0.4, 0.5) is 23.2 Å². The Bertz CT molecular complexity index is 1170. The smallest absolute Gasteiger partial charge is 0.301 e. The van der Waals surface area contributed by atoms with Crippen molar-refractivity contribution < 1.29 is 26.0 Å². The number of nitrogens with one attached hydrogen (secondary N) is 1. The Kier molecular flexibility index (Phi) is 7.38. The van der Waals surface area contributed by atoms with Crippen LogP contribution < -0.4 is 4.72 Å². The zero-order valence-electron chi connectivity index (χ0n) is 21.2. The van der Waals surface area contributed by atoms with Gasteiger partial charge in [-0.05, 0) is 49.8 Å². The molecule has 36 heavy (non-hydrogen) atoms. The summed E-state index contributed by atoms with van der Waals surface area (Å²) in [7, 11) is -3.90. The van der Waals surface area contributed by atoms with Gasteiger partial charge in [0.05, 0.1) is 30.1 Å². The first-order valence-corrected chi connectivity index (χ1v) is 14.0. The van der Waals surface area contributed by atoms with Gasteiger partial charge in [-0.3, -0.25) is 13.5 Å². The second kappa shape index (κ2) is 9.78. The van der Waals surface area contributed by atoms with Gasteiger partial charge in [0.1, 0.15) is 5.82 Å².